The van der Waals surface area contributed by atoms with E-state index in [4.69, 9.17) is 5.26 Å². The largest absolute Gasteiger partial charge is 0.308 e. The first-order valence-corrected chi connectivity index (χ1v) is 9.85. The molecule has 0 radical (unpaired) electrons. The van der Waals surface area contributed by atoms with E-state index in [0.717, 1.165) is 32.4 Å². The smallest absolute Gasteiger partial charge is 0.241 e. The first-order chi connectivity index (χ1) is 13.7. The molecule has 0 unspecified atom stereocenters. The van der Waals surface area contributed by atoms with Gasteiger partial charge in [0.05, 0.1) is 24.7 Å². The van der Waals surface area contributed by atoms with E-state index in [9.17, 15) is 9.18 Å². The molecular formula is C23H26FN3O. The summed E-state index contributed by atoms with van der Waals surface area (Å²) < 4.78 is 14.2. The molecule has 1 heterocycles. The number of nitriles is 1. The molecular weight excluding hydrogens is 353 g/mol. The Hall–Kier alpha value is -2.71. The van der Waals surface area contributed by atoms with Gasteiger partial charge in [-0.15, -0.1) is 0 Å². The van der Waals surface area contributed by atoms with Gasteiger partial charge < -0.3 is 4.90 Å². The zero-order valence-corrected chi connectivity index (χ0v) is 16.1. The number of para-hydroxylation sites is 1. The second-order valence-corrected chi connectivity index (χ2v) is 7.31. The van der Waals surface area contributed by atoms with E-state index >= 15 is 0 Å². The number of likely N-dealkylation sites (tertiary alicyclic amines) is 1. The number of rotatable bonds is 7. The van der Waals surface area contributed by atoms with Crippen LogP contribution in [0.15, 0.2) is 54.6 Å². The van der Waals surface area contributed by atoms with Gasteiger partial charge in [0.1, 0.15) is 5.82 Å². The van der Waals surface area contributed by atoms with Crippen LogP contribution < -0.4 is 4.90 Å². The van der Waals surface area contributed by atoms with Gasteiger partial charge in [0.15, 0.2) is 0 Å². The lowest BCUT2D eigenvalue weighted by atomic mass is 9.90. The Labute approximate surface area is 166 Å². The molecule has 0 spiro atoms. The maximum atomic E-state index is 14.2. The summed E-state index contributed by atoms with van der Waals surface area (Å²) in [4.78, 5) is 16.4. The molecule has 3 rings (SSSR count). The topological polar surface area (TPSA) is 47.3 Å². The predicted octanol–water partition coefficient (Wildman–Crippen LogP) is 4.03. The number of halogens is 1. The lowest BCUT2D eigenvalue weighted by molar-refractivity contribution is -0.120. The number of nitrogens with zero attached hydrogens (tertiary/aromatic N) is 3. The second-order valence-electron chi connectivity index (χ2n) is 7.31. The van der Waals surface area contributed by atoms with Crippen LogP contribution >= 0.6 is 0 Å². The van der Waals surface area contributed by atoms with Crippen molar-refractivity contribution < 1.29 is 9.18 Å². The molecule has 0 saturated carbocycles. The summed E-state index contributed by atoms with van der Waals surface area (Å²) in [5.41, 5.74) is 1.61. The Kier molecular flexibility index (Phi) is 7.16. The Balaban J connectivity index is 1.56. The van der Waals surface area contributed by atoms with Crippen LogP contribution in [0.1, 0.15) is 24.8 Å². The van der Waals surface area contributed by atoms with Gasteiger partial charge in [0.2, 0.25) is 5.91 Å². The third-order valence-corrected chi connectivity index (χ3v) is 5.32. The van der Waals surface area contributed by atoms with Gasteiger partial charge in [0, 0.05) is 6.54 Å². The van der Waals surface area contributed by atoms with E-state index in [2.05, 4.69) is 29.2 Å². The lowest BCUT2D eigenvalue weighted by Crippen LogP contribution is -2.44. The highest BCUT2D eigenvalue weighted by Crippen LogP contribution is 2.23. The molecule has 1 fully saturated rings. The first-order valence-electron chi connectivity index (χ1n) is 9.85. The molecule has 0 N–H and O–H groups in total. The molecule has 0 aliphatic carbocycles. The average molecular weight is 379 g/mol. The van der Waals surface area contributed by atoms with Gasteiger partial charge in [0.25, 0.3) is 0 Å². The third kappa shape index (κ3) is 5.40. The summed E-state index contributed by atoms with van der Waals surface area (Å²) in [7, 11) is 0. The van der Waals surface area contributed by atoms with Gasteiger partial charge in [-0.05, 0) is 56.0 Å². The minimum atomic E-state index is -0.435. The van der Waals surface area contributed by atoms with Crippen LogP contribution in [0.5, 0.6) is 0 Å². The van der Waals surface area contributed by atoms with Crippen LogP contribution in [-0.2, 0) is 11.2 Å². The molecule has 0 aromatic heterocycles. The molecule has 4 nitrogen and oxygen atoms in total. The summed E-state index contributed by atoms with van der Waals surface area (Å²) in [6.07, 6.45) is 3.37. The quantitative estimate of drug-likeness (QED) is 0.730. The minimum absolute atomic E-state index is 0.151. The number of piperidine rings is 1. The van der Waals surface area contributed by atoms with Crippen molar-refractivity contribution in [3.8, 4) is 6.07 Å². The van der Waals surface area contributed by atoms with Crippen LogP contribution in [0.4, 0.5) is 10.1 Å². The molecule has 5 heteroatoms. The maximum absolute atomic E-state index is 14.2. The number of benzene rings is 2. The van der Waals surface area contributed by atoms with Crippen molar-refractivity contribution >= 4 is 11.6 Å². The monoisotopic (exact) mass is 379 g/mol. The van der Waals surface area contributed by atoms with E-state index in [1.807, 2.05) is 12.1 Å². The van der Waals surface area contributed by atoms with Crippen LogP contribution in [0, 0.1) is 23.1 Å². The highest BCUT2D eigenvalue weighted by molar-refractivity contribution is 5.94. The van der Waals surface area contributed by atoms with Crippen LogP contribution in [0.25, 0.3) is 0 Å². The van der Waals surface area contributed by atoms with Crippen LogP contribution in [0.2, 0.25) is 0 Å². The summed E-state index contributed by atoms with van der Waals surface area (Å²) >= 11 is 0. The van der Waals surface area contributed by atoms with Gasteiger partial charge in [-0.25, -0.2) is 4.39 Å². The number of anilines is 1. The van der Waals surface area contributed by atoms with Gasteiger partial charge in [-0.1, -0.05) is 42.5 Å². The molecule has 146 valence electrons. The first kappa shape index (κ1) is 20.0. The minimum Gasteiger partial charge on any atom is -0.308 e. The van der Waals surface area contributed by atoms with E-state index in [0.29, 0.717) is 5.92 Å². The molecule has 0 atom stereocenters. The Bertz CT molecular complexity index is 810. The van der Waals surface area contributed by atoms with Gasteiger partial charge >= 0.3 is 0 Å². The fourth-order valence-electron chi connectivity index (χ4n) is 3.78. The molecule has 1 aliphatic heterocycles. The zero-order valence-electron chi connectivity index (χ0n) is 16.1. The number of amides is 1. The molecule has 2 aromatic carbocycles. The van der Waals surface area contributed by atoms with Gasteiger partial charge in [-0.3, -0.25) is 9.69 Å². The van der Waals surface area contributed by atoms with Gasteiger partial charge in [-0.2, -0.15) is 5.26 Å². The Morgan fingerprint density at radius 3 is 2.46 bits per heavy atom. The molecule has 0 bridgehead atoms. The molecule has 1 amide bonds. The second kappa shape index (κ2) is 10.0. The Morgan fingerprint density at radius 2 is 1.79 bits per heavy atom. The summed E-state index contributed by atoms with van der Waals surface area (Å²) in [5.74, 6) is 0.0484. The van der Waals surface area contributed by atoms with Crippen molar-refractivity contribution in [1.82, 2.24) is 4.90 Å². The van der Waals surface area contributed by atoms with Crippen LogP contribution in [0.3, 0.4) is 0 Å². The molecule has 1 aliphatic rings. The van der Waals surface area contributed by atoms with E-state index in [-0.39, 0.29) is 31.1 Å². The van der Waals surface area contributed by atoms with Crippen LogP contribution in [-0.4, -0.2) is 37.0 Å². The van der Waals surface area contributed by atoms with Crippen molar-refractivity contribution in [2.45, 2.75) is 25.7 Å². The Morgan fingerprint density at radius 1 is 1.11 bits per heavy atom. The molecule has 1 saturated heterocycles. The van der Waals surface area contributed by atoms with Crippen molar-refractivity contribution in [2.24, 2.45) is 5.92 Å². The highest BCUT2D eigenvalue weighted by Gasteiger charge is 2.24. The highest BCUT2D eigenvalue weighted by atomic mass is 19.1. The van der Waals surface area contributed by atoms with Crippen molar-refractivity contribution in [3.05, 3.63) is 66.0 Å². The summed E-state index contributed by atoms with van der Waals surface area (Å²) in [6.45, 7) is 2.21. The van der Waals surface area contributed by atoms with E-state index in [1.54, 1.807) is 18.2 Å². The fraction of sp³-hybridized carbons (Fsp3) is 0.391. The molecule has 28 heavy (non-hydrogen) atoms. The standard InChI is InChI=1S/C23H26FN3O/c24-21-9-4-5-10-22(21)27(14-6-13-25)23(28)18-26-15-11-20(12-16-26)17-19-7-2-1-3-8-19/h1-5,7-10,20H,6,11-12,14-18H2. The molecule has 2 aromatic rings. The van der Waals surface area contributed by atoms with Crippen molar-refractivity contribution in [1.29, 1.82) is 5.26 Å². The van der Waals surface area contributed by atoms with Crippen molar-refractivity contribution in [2.75, 3.05) is 31.1 Å². The SMILES string of the molecule is N#CCCN(C(=O)CN1CCC(Cc2ccccc2)CC1)c1ccccc1F. The lowest BCUT2D eigenvalue weighted by Gasteiger charge is -2.33. The third-order valence-electron chi connectivity index (χ3n) is 5.32. The summed E-state index contributed by atoms with van der Waals surface area (Å²) in [5, 5.41) is 8.89. The van der Waals surface area contributed by atoms with Crippen molar-refractivity contribution in [3.63, 3.8) is 0 Å². The van der Waals surface area contributed by atoms with E-state index < -0.39 is 5.82 Å². The van der Waals surface area contributed by atoms with E-state index in [1.165, 1.54) is 16.5 Å². The zero-order chi connectivity index (χ0) is 19.8. The normalized spacial score (nSPS) is 15.1. The summed E-state index contributed by atoms with van der Waals surface area (Å²) in [6, 6.07) is 18.8. The average Bonchev–Trinajstić information content (AvgIpc) is 2.72. The number of carbonyl (C=O) groups excluding carboxylic acids is 1. The maximum Gasteiger partial charge on any atom is 0.241 e. The number of hydrogen-bond donors (Lipinski definition) is 0. The number of hydrogen-bond acceptors (Lipinski definition) is 3. The fourth-order valence-corrected chi connectivity index (χ4v) is 3.78. The number of carbonyl (C=O) groups is 1. The predicted molar refractivity (Wildman–Crippen MR) is 108 cm³/mol.